The first-order valence-electron chi connectivity index (χ1n) is 8.53. The van der Waals surface area contributed by atoms with Crippen molar-refractivity contribution in [2.24, 2.45) is 0 Å². The molecular weight excluding hydrogens is 398 g/mol. The van der Waals surface area contributed by atoms with E-state index in [2.05, 4.69) is 10.3 Å². The second kappa shape index (κ2) is 7.48. The van der Waals surface area contributed by atoms with E-state index >= 15 is 0 Å². The van der Waals surface area contributed by atoms with Crippen LogP contribution >= 0.6 is 0 Å². The van der Waals surface area contributed by atoms with E-state index in [-0.39, 0.29) is 22.2 Å². The summed E-state index contributed by atoms with van der Waals surface area (Å²) in [6.45, 7) is 0. The van der Waals surface area contributed by atoms with Crippen LogP contribution in [0.3, 0.4) is 0 Å². The van der Waals surface area contributed by atoms with Crippen LogP contribution in [0, 0.1) is 11.6 Å². The Balaban J connectivity index is 1.86. The number of nitrogens with zero attached hydrogens (tertiary/aromatic N) is 1. The van der Waals surface area contributed by atoms with E-state index < -0.39 is 26.5 Å². The molecule has 5 nitrogen and oxygen atoms in total. The zero-order valence-electron chi connectivity index (χ0n) is 14.8. The maximum Gasteiger partial charge on any atom is 0.238 e. The number of aromatic nitrogens is 1. The SMILES string of the molecule is O=S(=O)(c1ccccc1)c1nc(-c2ccccc2F)oc1Nc1ccc(F)cc1. The number of sulfone groups is 1. The van der Waals surface area contributed by atoms with E-state index in [0.717, 1.165) is 0 Å². The molecule has 29 heavy (non-hydrogen) atoms. The summed E-state index contributed by atoms with van der Waals surface area (Å²) >= 11 is 0. The molecule has 0 spiro atoms. The molecule has 1 aromatic heterocycles. The van der Waals surface area contributed by atoms with E-state index in [0.29, 0.717) is 5.69 Å². The molecule has 8 heteroatoms. The molecule has 0 aliphatic heterocycles. The summed E-state index contributed by atoms with van der Waals surface area (Å²) in [4.78, 5) is 4.08. The lowest BCUT2D eigenvalue weighted by Crippen LogP contribution is -2.05. The van der Waals surface area contributed by atoms with Crippen LogP contribution in [-0.4, -0.2) is 13.4 Å². The quantitative estimate of drug-likeness (QED) is 0.488. The van der Waals surface area contributed by atoms with Gasteiger partial charge in [-0.15, -0.1) is 0 Å². The average Bonchev–Trinajstić information content (AvgIpc) is 3.15. The Bertz CT molecular complexity index is 1250. The Hall–Kier alpha value is -3.52. The summed E-state index contributed by atoms with van der Waals surface area (Å²) in [7, 11) is -4.06. The van der Waals surface area contributed by atoms with Crippen molar-refractivity contribution >= 4 is 21.4 Å². The summed E-state index contributed by atoms with van der Waals surface area (Å²) in [5.41, 5.74) is 0.399. The molecule has 4 aromatic rings. The first-order valence-corrected chi connectivity index (χ1v) is 10.0. The number of oxazole rings is 1. The summed E-state index contributed by atoms with van der Waals surface area (Å²) in [6, 6.07) is 18.7. The van der Waals surface area contributed by atoms with Crippen molar-refractivity contribution in [3.8, 4) is 11.5 Å². The highest BCUT2D eigenvalue weighted by molar-refractivity contribution is 7.91. The van der Waals surface area contributed by atoms with Crippen molar-refractivity contribution in [3.63, 3.8) is 0 Å². The molecule has 0 unspecified atom stereocenters. The highest BCUT2D eigenvalue weighted by Gasteiger charge is 2.29. The highest BCUT2D eigenvalue weighted by Crippen LogP contribution is 2.34. The second-order valence-electron chi connectivity index (χ2n) is 6.08. The van der Waals surface area contributed by atoms with Crippen molar-refractivity contribution in [1.29, 1.82) is 0 Å². The fraction of sp³-hybridized carbons (Fsp3) is 0. The van der Waals surface area contributed by atoms with Gasteiger partial charge in [0.25, 0.3) is 0 Å². The van der Waals surface area contributed by atoms with Crippen molar-refractivity contribution in [3.05, 3.63) is 90.5 Å². The van der Waals surface area contributed by atoms with Gasteiger partial charge in [-0.1, -0.05) is 30.3 Å². The molecule has 1 N–H and O–H groups in total. The molecule has 1 heterocycles. The number of nitrogens with one attached hydrogen (secondary N) is 1. The molecule has 0 aliphatic carbocycles. The van der Waals surface area contributed by atoms with Crippen molar-refractivity contribution < 1.29 is 21.6 Å². The number of rotatable bonds is 5. The third-order valence-corrected chi connectivity index (χ3v) is 5.79. The van der Waals surface area contributed by atoms with Crippen molar-refractivity contribution in [1.82, 2.24) is 4.98 Å². The second-order valence-corrected chi connectivity index (χ2v) is 7.95. The third-order valence-electron chi connectivity index (χ3n) is 4.11. The van der Waals surface area contributed by atoms with E-state index in [1.54, 1.807) is 24.3 Å². The standard InChI is InChI=1S/C21H14F2N2O3S/c22-14-10-12-15(13-11-14)24-20-21(29(26,27)16-6-2-1-3-7-16)25-19(28-20)17-8-4-5-9-18(17)23/h1-13,24H. The zero-order chi connectivity index (χ0) is 20.4. The van der Waals surface area contributed by atoms with Crippen LogP contribution in [-0.2, 0) is 9.84 Å². The smallest absolute Gasteiger partial charge is 0.238 e. The Morgan fingerprint density at radius 3 is 2.17 bits per heavy atom. The van der Waals surface area contributed by atoms with Gasteiger partial charge < -0.3 is 9.73 Å². The molecule has 0 amide bonds. The number of hydrogen-bond donors (Lipinski definition) is 1. The van der Waals surface area contributed by atoms with E-state index in [1.165, 1.54) is 54.6 Å². The highest BCUT2D eigenvalue weighted by atomic mass is 32.2. The van der Waals surface area contributed by atoms with Crippen LogP contribution < -0.4 is 5.32 Å². The van der Waals surface area contributed by atoms with Gasteiger partial charge in [0.2, 0.25) is 26.6 Å². The Labute approximate surface area is 165 Å². The minimum atomic E-state index is -4.06. The molecule has 146 valence electrons. The topological polar surface area (TPSA) is 72.2 Å². The molecular formula is C21H14F2N2O3S. The van der Waals surface area contributed by atoms with Crippen LogP contribution in [0.2, 0.25) is 0 Å². The normalized spacial score (nSPS) is 11.4. The maximum absolute atomic E-state index is 14.2. The van der Waals surface area contributed by atoms with Crippen LogP contribution in [0.4, 0.5) is 20.4 Å². The predicted octanol–water partition coefficient (Wildman–Crippen LogP) is 5.20. The number of benzene rings is 3. The molecule has 0 bridgehead atoms. The van der Waals surface area contributed by atoms with Gasteiger partial charge in [-0.2, -0.15) is 4.98 Å². The fourth-order valence-electron chi connectivity index (χ4n) is 2.69. The van der Waals surface area contributed by atoms with Gasteiger partial charge in [-0.25, -0.2) is 17.2 Å². The van der Waals surface area contributed by atoms with Gasteiger partial charge in [0.05, 0.1) is 10.5 Å². The van der Waals surface area contributed by atoms with E-state index in [9.17, 15) is 17.2 Å². The molecule has 0 aliphatic rings. The molecule has 0 saturated carbocycles. The van der Waals surface area contributed by atoms with E-state index in [4.69, 9.17) is 4.42 Å². The molecule has 0 fully saturated rings. The number of hydrogen-bond acceptors (Lipinski definition) is 5. The number of halogens is 2. The van der Waals surface area contributed by atoms with Gasteiger partial charge in [0.1, 0.15) is 11.6 Å². The minimum absolute atomic E-state index is 0.00976. The lowest BCUT2D eigenvalue weighted by Gasteiger charge is -2.06. The number of anilines is 2. The summed E-state index contributed by atoms with van der Waals surface area (Å²) in [5.74, 6) is -1.44. The van der Waals surface area contributed by atoms with Crippen LogP contribution in [0.15, 0.2) is 93.2 Å². The fourth-order valence-corrected chi connectivity index (χ4v) is 3.97. The van der Waals surface area contributed by atoms with Gasteiger partial charge >= 0.3 is 0 Å². The zero-order valence-corrected chi connectivity index (χ0v) is 15.7. The van der Waals surface area contributed by atoms with Gasteiger partial charge in [-0.05, 0) is 48.5 Å². The maximum atomic E-state index is 14.2. The molecule has 0 saturated heterocycles. The minimum Gasteiger partial charge on any atom is -0.419 e. The summed E-state index contributed by atoms with van der Waals surface area (Å²) in [6.07, 6.45) is 0. The molecule has 3 aromatic carbocycles. The Morgan fingerprint density at radius 1 is 0.828 bits per heavy atom. The first-order chi connectivity index (χ1) is 13.9. The van der Waals surface area contributed by atoms with E-state index in [1.807, 2.05) is 0 Å². The summed E-state index contributed by atoms with van der Waals surface area (Å²) < 4.78 is 59.2. The van der Waals surface area contributed by atoms with Crippen molar-refractivity contribution in [2.45, 2.75) is 9.92 Å². The molecule has 0 atom stereocenters. The first kappa shape index (κ1) is 18.8. The Morgan fingerprint density at radius 2 is 1.48 bits per heavy atom. The molecule has 0 radical (unpaired) electrons. The van der Waals surface area contributed by atoms with Crippen LogP contribution in [0.1, 0.15) is 0 Å². The molecule has 4 rings (SSSR count). The van der Waals surface area contributed by atoms with Gasteiger partial charge in [-0.3, -0.25) is 0 Å². The monoisotopic (exact) mass is 412 g/mol. The Kier molecular flexibility index (Phi) is 4.85. The predicted molar refractivity (Wildman–Crippen MR) is 103 cm³/mol. The van der Waals surface area contributed by atoms with Crippen LogP contribution in [0.5, 0.6) is 0 Å². The van der Waals surface area contributed by atoms with Crippen LogP contribution in [0.25, 0.3) is 11.5 Å². The van der Waals surface area contributed by atoms with Crippen molar-refractivity contribution in [2.75, 3.05) is 5.32 Å². The summed E-state index contributed by atoms with van der Waals surface area (Å²) in [5, 5.41) is 2.39. The average molecular weight is 412 g/mol. The van der Waals surface area contributed by atoms with Gasteiger partial charge in [0, 0.05) is 5.69 Å². The third kappa shape index (κ3) is 3.74. The van der Waals surface area contributed by atoms with Gasteiger partial charge in [0.15, 0.2) is 0 Å². The largest absolute Gasteiger partial charge is 0.419 e. The lowest BCUT2D eigenvalue weighted by molar-refractivity contribution is 0.572. The lowest BCUT2D eigenvalue weighted by atomic mass is 10.2.